The highest BCUT2D eigenvalue weighted by Gasteiger charge is 2.27. The summed E-state index contributed by atoms with van der Waals surface area (Å²) in [6.07, 6.45) is 4.34. The maximum atomic E-state index is 9.13. The van der Waals surface area contributed by atoms with Crippen LogP contribution in [0, 0.1) is 0 Å². The van der Waals surface area contributed by atoms with E-state index >= 15 is 0 Å². The van der Waals surface area contributed by atoms with Gasteiger partial charge in [-0.1, -0.05) is 0 Å². The van der Waals surface area contributed by atoms with Crippen LogP contribution in [0.1, 0.15) is 25.7 Å². The van der Waals surface area contributed by atoms with Crippen LogP contribution in [-0.2, 0) is 4.74 Å². The smallest absolute Gasteiger partial charge is 0.0606 e. The Bertz CT molecular complexity index is 206. The van der Waals surface area contributed by atoms with Crippen LogP contribution in [0.5, 0.6) is 0 Å². The molecule has 2 aliphatic rings. The molecular formula is C12H24N2O3. The molecule has 0 aromatic carbocycles. The van der Waals surface area contributed by atoms with Crippen molar-refractivity contribution >= 4 is 0 Å². The van der Waals surface area contributed by atoms with Crippen molar-refractivity contribution in [3.8, 4) is 0 Å². The molecule has 2 unspecified atom stereocenters. The van der Waals surface area contributed by atoms with Crippen molar-refractivity contribution in [2.45, 2.75) is 50.0 Å². The van der Waals surface area contributed by atoms with Gasteiger partial charge in [0, 0.05) is 12.1 Å². The van der Waals surface area contributed by atoms with Crippen LogP contribution in [0.15, 0.2) is 0 Å². The second kappa shape index (κ2) is 6.66. The molecule has 0 amide bonds. The molecule has 17 heavy (non-hydrogen) atoms. The standard InChI is InChI=1S/C12H24N2O3/c15-7-9-5-11(1-3-13-9)17-12-2-4-14-10(6-12)8-16/h9-16H,1-8H2/t9-,10-,11?,12?/m0/s1. The zero-order valence-corrected chi connectivity index (χ0v) is 10.3. The van der Waals surface area contributed by atoms with E-state index in [1.54, 1.807) is 0 Å². The van der Waals surface area contributed by atoms with Crippen molar-refractivity contribution in [3.05, 3.63) is 0 Å². The number of piperidine rings is 2. The highest BCUT2D eigenvalue weighted by molar-refractivity contribution is 4.82. The van der Waals surface area contributed by atoms with Gasteiger partial charge in [0.15, 0.2) is 0 Å². The van der Waals surface area contributed by atoms with Gasteiger partial charge in [-0.05, 0) is 38.8 Å². The monoisotopic (exact) mass is 244 g/mol. The molecule has 4 atom stereocenters. The van der Waals surface area contributed by atoms with Crippen LogP contribution >= 0.6 is 0 Å². The second-order valence-corrected chi connectivity index (χ2v) is 5.10. The Morgan fingerprint density at radius 2 is 1.35 bits per heavy atom. The molecule has 4 N–H and O–H groups in total. The summed E-state index contributed by atoms with van der Waals surface area (Å²) in [5, 5.41) is 24.8. The van der Waals surface area contributed by atoms with E-state index in [1.807, 2.05) is 0 Å². The van der Waals surface area contributed by atoms with Crippen molar-refractivity contribution in [3.63, 3.8) is 0 Å². The van der Waals surface area contributed by atoms with E-state index in [2.05, 4.69) is 10.6 Å². The van der Waals surface area contributed by atoms with Gasteiger partial charge in [0.05, 0.1) is 25.4 Å². The third kappa shape index (κ3) is 3.89. The van der Waals surface area contributed by atoms with E-state index in [0.29, 0.717) is 0 Å². The minimum Gasteiger partial charge on any atom is -0.395 e. The Hall–Kier alpha value is -0.200. The summed E-state index contributed by atoms with van der Waals surface area (Å²) in [7, 11) is 0. The summed E-state index contributed by atoms with van der Waals surface area (Å²) in [5.74, 6) is 0. The molecule has 5 nitrogen and oxygen atoms in total. The summed E-state index contributed by atoms with van der Waals surface area (Å²) in [4.78, 5) is 0. The minimum atomic E-state index is 0.184. The van der Waals surface area contributed by atoms with Gasteiger partial charge in [0.1, 0.15) is 0 Å². The van der Waals surface area contributed by atoms with Gasteiger partial charge >= 0.3 is 0 Å². The summed E-state index contributed by atoms with van der Waals surface area (Å²) in [6, 6.07) is 0.369. The van der Waals surface area contributed by atoms with Gasteiger partial charge in [0.2, 0.25) is 0 Å². The molecule has 0 aliphatic carbocycles. The number of hydrogen-bond donors (Lipinski definition) is 4. The van der Waals surface area contributed by atoms with Crippen molar-refractivity contribution in [1.82, 2.24) is 10.6 Å². The number of rotatable bonds is 4. The van der Waals surface area contributed by atoms with Crippen molar-refractivity contribution in [2.75, 3.05) is 26.3 Å². The molecule has 0 spiro atoms. The molecule has 0 saturated carbocycles. The molecule has 5 heteroatoms. The third-order valence-electron chi connectivity index (χ3n) is 3.72. The molecule has 0 radical (unpaired) electrons. The van der Waals surface area contributed by atoms with Crippen LogP contribution in [0.3, 0.4) is 0 Å². The number of aliphatic hydroxyl groups is 2. The molecule has 0 bridgehead atoms. The molecule has 0 aromatic heterocycles. The molecule has 2 saturated heterocycles. The second-order valence-electron chi connectivity index (χ2n) is 5.10. The number of nitrogens with one attached hydrogen (secondary N) is 2. The van der Waals surface area contributed by atoms with E-state index in [1.165, 1.54) is 0 Å². The van der Waals surface area contributed by atoms with Crippen LogP contribution in [-0.4, -0.2) is 60.8 Å². The van der Waals surface area contributed by atoms with Gasteiger partial charge in [0.25, 0.3) is 0 Å². The lowest BCUT2D eigenvalue weighted by Crippen LogP contribution is -2.47. The maximum Gasteiger partial charge on any atom is 0.0606 e. The first kappa shape index (κ1) is 13.2. The molecular weight excluding hydrogens is 220 g/mol. The first-order valence-corrected chi connectivity index (χ1v) is 6.65. The van der Waals surface area contributed by atoms with Gasteiger partial charge < -0.3 is 25.6 Å². The SMILES string of the molecule is OC[C@@H]1CC(OC2CCN[C@H](CO)C2)CCN1. The van der Waals surface area contributed by atoms with Gasteiger partial charge in [-0.2, -0.15) is 0 Å². The fourth-order valence-electron chi connectivity index (χ4n) is 2.73. The van der Waals surface area contributed by atoms with Crippen LogP contribution in [0.2, 0.25) is 0 Å². The predicted octanol–water partition coefficient (Wildman–Crippen LogP) is -0.771. The van der Waals surface area contributed by atoms with E-state index in [0.717, 1.165) is 38.8 Å². The topological polar surface area (TPSA) is 73.8 Å². The number of hydrogen-bond acceptors (Lipinski definition) is 5. The van der Waals surface area contributed by atoms with Gasteiger partial charge in [-0.25, -0.2) is 0 Å². The average molecular weight is 244 g/mol. The quantitative estimate of drug-likeness (QED) is 0.522. The fourth-order valence-corrected chi connectivity index (χ4v) is 2.73. The largest absolute Gasteiger partial charge is 0.395 e. The molecule has 100 valence electrons. The maximum absolute atomic E-state index is 9.13. The Morgan fingerprint density at radius 1 is 0.882 bits per heavy atom. The van der Waals surface area contributed by atoms with Crippen LogP contribution in [0.25, 0.3) is 0 Å². The van der Waals surface area contributed by atoms with Gasteiger partial charge in [-0.15, -0.1) is 0 Å². The fraction of sp³-hybridized carbons (Fsp3) is 1.00. The van der Waals surface area contributed by atoms with E-state index in [9.17, 15) is 0 Å². The summed E-state index contributed by atoms with van der Waals surface area (Å²) in [6.45, 7) is 2.21. The zero-order chi connectivity index (χ0) is 12.1. The molecule has 0 aromatic rings. The lowest BCUT2D eigenvalue weighted by Gasteiger charge is -2.35. The molecule has 2 heterocycles. The van der Waals surface area contributed by atoms with E-state index < -0.39 is 0 Å². The molecule has 2 rings (SSSR count). The normalized spacial score (nSPS) is 39.2. The van der Waals surface area contributed by atoms with Crippen molar-refractivity contribution in [1.29, 1.82) is 0 Å². The van der Waals surface area contributed by atoms with Crippen LogP contribution < -0.4 is 10.6 Å². The summed E-state index contributed by atoms with van der Waals surface area (Å²) < 4.78 is 6.09. The Balaban J connectivity index is 1.75. The average Bonchev–Trinajstić information content (AvgIpc) is 2.39. The minimum absolute atomic E-state index is 0.184. The zero-order valence-electron chi connectivity index (χ0n) is 10.3. The highest BCUT2D eigenvalue weighted by Crippen LogP contribution is 2.20. The van der Waals surface area contributed by atoms with Crippen molar-refractivity contribution < 1.29 is 14.9 Å². The third-order valence-corrected chi connectivity index (χ3v) is 3.72. The first-order valence-electron chi connectivity index (χ1n) is 6.65. The lowest BCUT2D eigenvalue weighted by atomic mass is 9.99. The van der Waals surface area contributed by atoms with E-state index in [4.69, 9.17) is 14.9 Å². The number of ether oxygens (including phenoxy) is 1. The van der Waals surface area contributed by atoms with Crippen LogP contribution in [0.4, 0.5) is 0 Å². The van der Waals surface area contributed by atoms with Crippen molar-refractivity contribution in [2.24, 2.45) is 0 Å². The van der Waals surface area contributed by atoms with E-state index in [-0.39, 0.29) is 37.5 Å². The highest BCUT2D eigenvalue weighted by atomic mass is 16.5. The predicted molar refractivity (Wildman–Crippen MR) is 64.9 cm³/mol. The number of aliphatic hydroxyl groups excluding tert-OH is 2. The summed E-state index contributed by atoms with van der Waals surface area (Å²) in [5.41, 5.74) is 0. The molecule has 2 aliphatic heterocycles. The lowest BCUT2D eigenvalue weighted by molar-refractivity contribution is -0.0576. The molecule has 2 fully saturated rings. The summed E-state index contributed by atoms with van der Waals surface area (Å²) >= 11 is 0. The Kier molecular flexibility index (Phi) is 5.18. The first-order chi connectivity index (χ1) is 8.31. The Labute approximate surface area is 103 Å². The Morgan fingerprint density at radius 3 is 1.76 bits per heavy atom. The van der Waals surface area contributed by atoms with Gasteiger partial charge in [-0.3, -0.25) is 0 Å².